The molecule has 4 rings (SSSR count). The lowest BCUT2D eigenvalue weighted by Crippen LogP contribution is -2.33. The first-order valence-corrected chi connectivity index (χ1v) is 13.8. The van der Waals surface area contributed by atoms with E-state index in [1.165, 1.54) is 6.07 Å². The predicted octanol–water partition coefficient (Wildman–Crippen LogP) is 7.03. The fraction of sp³-hybridized carbons (Fsp3) is 0.310. The second kappa shape index (κ2) is 10.1. The van der Waals surface area contributed by atoms with Crippen molar-refractivity contribution in [2.45, 2.75) is 59.0 Å². The number of esters is 1. The molecule has 0 bridgehead atoms. The van der Waals surface area contributed by atoms with Gasteiger partial charge in [-0.05, 0) is 66.1 Å². The Kier molecular flexibility index (Phi) is 7.45. The Bertz CT molecular complexity index is 1380. The normalized spacial score (nSPS) is 13.9. The Morgan fingerprint density at radius 3 is 1.70 bits per heavy atom. The Labute approximate surface area is 232 Å². The Hall–Kier alpha value is -2.84. The van der Waals surface area contributed by atoms with Crippen LogP contribution < -0.4 is 0 Å². The number of hydrogen-bond donors (Lipinski definition) is 3. The number of carbonyl (C=O) groups excluding carboxylic acids is 1. The Morgan fingerprint density at radius 2 is 1.30 bits per heavy atom. The van der Waals surface area contributed by atoms with Crippen LogP contribution in [0.4, 0.5) is 0 Å². The van der Waals surface area contributed by atoms with Gasteiger partial charge in [0.15, 0.2) is 5.60 Å². The van der Waals surface area contributed by atoms with E-state index < -0.39 is 17.5 Å². The highest BCUT2D eigenvalue weighted by atomic mass is 79.9. The Balaban J connectivity index is 2.33. The van der Waals surface area contributed by atoms with Crippen LogP contribution >= 0.6 is 31.9 Å². The summed E-state index contributed by atoms with van der Waals surface area (Å²) in [6.07, 6.45) is 2.27. The summed E-state index contributed by atoms with van der Waals surface area (Å²) in [6.45, 7) is 7.88. The molecule has 0 atom stereocenters. The smallest absolute Gasteiger partial charge is 0.341 e. The molecular weight excluding hydrogens is 604 g/mol. The molecule has 1 aliphatic rings. The second-order valence-corrected chi connectivity index (χ2v) is 10.6. The molecule has 0 aliphatic carbocycles. The number of halogens is 2. The molecule has 0 saturated heterocycles. The van der Waals surface area contributed by atoms with Gasteiger partial charge < -0.3 is 20.1 Å². The van der Waals surface area contributed by atoms with Gasteiger partial charge in [-0.15, -0.1) is 0 Å². The minimum atomic E-state index is -1.77. The maximum atomic E-state index is 13.6. The third-order valence-corrected chi connectivity index (χ3v) is 8.61. The molecule has 0 saturated carbocycles. The number of aromatic carboxylic acids is 1. The van der Waals surface area contributed by atoms with E-state index in [1.54, 1.807) is 24.3 Å². The van der Waals surface area contributed by atoms with Gasteiger partial charge in [0.05, 0.1) is 22.3 Å². The van der Waals surface area contributed by atoms with Gasteiger partial charge in [-0.25, -0.2) is 9.59 Å². The average molecular weight is 632 g/mol. The molecule has 3 aromatic carbocycles. The molecule has 37 heavy (non-hydrogen) atoms. The van der Waals surface area contributed by atoms with Crippen LogP contribution in [0.25, 0.3) is 0 Å². The van der Waals surface area contributed by atoms with Crippen molar-refractivity contribution in [3.8, 4) is 11.5 Å². The third kappa shape index (κ3) is 3.96. The van der Waals surface area contributed by atoms with Crippen molar-refractivity contribution < 1.29 is 29.6 Å². The number of carbonyl (C=O) groups is 2. The highest BCUT2D eigenvalue weighted by molar-refractivity contribution is 9.10. The summed E-state index contributed by atoms with van der Waals surface area (Å²) in [4.78, 5) is 25.7. The number of carboxylic acid groups (broad SMARTS) is 1. The van der Waals surface area contributed by atoms with Gasteiger partial charge >= 0.3 is 11.9 Å². The molecule has 6 nitrogen and oxygen atoms in total. The van der Waals surface area contributed by atoms with E-state index >= 15 is 0 Å². The quantitative estimate of drug-likeness (QED) is 0.242. The summed E-state index contributed by atoms with van der Waals surface area (Å²) >= 11 is 7.13. The number of carboxylic acids is 1. The topological polar surface area (TPSA) is 104 Å². The Morgan fingerprint density at radius 1 is 0.838 bits per heavy atom. The maximum absolute atomic E-state index is 13.6. The molecule has 1 heterocycles. The molecule has 0 unspecified atom stereocenters. The van der Waals surface area contributed by atoms with E-state index in [0.717, 1.165) is 31.2 Å². The van der Waals surface area contributed by atoms with E-state index in [-0.39, 0.29) is 28.2 Å². The molecule has 0 spiro atoms. The van der Waals surface area contributed by atoms with Crippen molar-refractivity contribution in [3.05, 3.63) is 89.3 Å². The van der Waals surface area contributed by atoms with E-state index in [2.05, 4.69) is 31.9 Å². The zero-order valence-electron chi connectivity index (χ0n) is 21.0. The van der Waals surface area contributed by atoms with Crippen LogP contribution in [0.5, 0.6) is 11.5 Å². The lowest BCUT2D eigenvalue weighted by Gasteiger charge is -2.36. The maximum Gasteiger partial charge on any atom is 0.341 e. The molecule has 0 fully saturated rings. The number of phenols is 2. The van der Waals surface area contributed by atoms with Gasteiger partial charge in [0.25, 0.3) is 0 Å². The van der Waals surface area contributed by atoms with E-state index in [1.807, 2.05) is 27.7 Å². The number of ether oxygens (including phenoxy) is 1. The minimum Gasteiger partial charge on any atom is -0.507 e. The zero-order valence-corrected chi connectivity index (χ0v) is 24.2. The lowest BCUT2D eigenvalue weighted by atomic mass is 9.72. The summed E-state index contributed by atoms with van der Waals surface area (Å²) in [5.74, 6) is -2.33. The molecule has 0 aromatic heterocycles. The molecule has 0 amide bonds. The van der Waals surface area contributed by atoms with Crippen LogP contribution in [0.1, 0.15) is 87.4 Å². The average Bonchev–Trinajstić information content (AvgIpc) is 3.15. The monoisotopic (exact) mass is 630 g/mol. The number of cyclic esters (lactones) is 1. The van der Waals surface area contributed by atoms with Gasteiger partial charge in [-0.3, -0.25) is 0 Å². The first kappa shape index (κ1) is 27.2. The predicted molar refractivity (Wildman–Crippen MR) is 148 cm³/mol. The molecule has 3 aromatic rings. The van der Waals surface area contributed by atoms with Gasteiger partial charge in [-0.2, -0.15) is 0 Å². The van der Waals surface area contributed by atoms with Crippen LogP contribution in [0.3, 0.4) is 0 Å². The summed E-state index contributed by atoms with van der Waals surface area (Å²) in [5, 5.41) is 32.9. The molecule has 8 heteroatoms. The SMILES string of the molecule is CCc1c(Br)cc(O)c(C2(c3c(O)cc(Br)c(CC)c3CC)OC(=O)c3c(C(=O)O)cccc32)c1CC. The van der Waals surface area contributed by atoms with Crippen LogP contribution in [0.2, 0.25) is 0 Å². The van der Waals surface area contributed by atoms with Gasteiger partial charge in [-0.1, -0.05) is 71.7 Å². The van der Waals surface area contributed by atoms with Gasteiger partial charge in [0.2, 0.25) is 0 Å². The number of benzene rings is 3. The van der Waals surface area contributed by atoms with Crippen LogP contribution in [-0.2, 0) is 36.0 Å². The van der Waals surface area contributed by atoms with Crippen LogP contribution in [-0.4, -0.2) is 27.3 Å². The lowest BCUT2D eigenvalue weighted by molar-refractivity contribution is 0.0232. The van der Waals surface area contributed by atoms with Crippen LogP contribution in [0, 0.1) is 0 Å². The van der Waals surface area contributed by atoms with Crippen molar-refractivity contribution in [1.29, 1.82) is 0 Å². The fourth-order valence-corrected chi connectivity index (χ4v) is 7.25. The first-order valence-electron chi connectivity index (χ1n) is 12.3. The number of rotatable bonds is 7. The molecule has 3 N–H and O–H groups in total. The van der Waals surface area contributed by atoms with Crippen molar-refractivity contribution in [3.63, 3.8) is 0 Å². The van der Waals surface area contributed by atoms with Crippen molar-refractivity contribution in [2.75, 3.05) is 0 Å². The molecule has 0 radical (unpaired) electrons. The fourth-order valence-electron chi connectivity index (χ4n) is 5.77. The van der Waals surface area contributed by atoms with E-state index in [4.69, 9.17) is 4.74 Å². The highest BCUT2D eigenvalue weighted by Gasteiger charge is 2.55. The van der Waals surface area contributed by atoms with E-state index in [9.17, 15) is 24.9 Å². The third-order valence-electron chi connectivity index (χ3n) is 7.19. The van der Waals surface area contributed by atoms with E-state index in [0.29, 0.717) is 36.8 Å². The summed E-state index contributed by atoms with van der Waals surface area (Å²) < 4.78 is 7.69. The summed E-state index contributed by atoms with van der Waals surface area (Å²) in [6, 6.07) is 7.71. The van der Waals surface area contributed by atoms with Crippen molar-refractivity contribution in [1.82, 2.24) is 0 Å². The number of phenolic OH excluding ortho intramolecular Hbond substituents is 2. The highest BCUT2D eigenvalue weighted by Crippen LogP contribution is 2.56. The minimum absolute atomic E-state index is 0.0835. The van der Waals surface area contributed by atoms with Gasteiger partial charge in [0.1, 0.15) is 11.5 Å². The van der Waals surface area contributed by atoms with Crippen LogP contribution in [0.15, 0.2) is 39.3 Å². The number of fused-ring (bicyclic) bond motifs is 1. The number of hydrogen-bond acceptors (Lipinski definition) is 5. The van der Waals surface area contributed by atoms with Gasteiger partial charge in [0, 0.05) is 14.5 Å². The first-order chi connectivity index (χ1) is 17.6. The molecular formula is C29H28Br2O6. The zero-order chi connectivity index (χ0) is 27.2. The standard InChI is InChI=1S/C29H28Br2O6/c1-5-14-16(7-3)25(22(32)12-20(14)30)29(26-17(8-4)15(6-2)21(31)13-23(26)33)19-11-9-10-18(27(34)35)24(19)28(36)37-29/h9-13,32-33H,5-8H2,1-4H3,(H,34,35). The van der Waals surface area contributed by atoms with Crippen molar-refractivity contribution >= 4 is 43.8 Å². The molecule has 1 aliphatic heterocycles. The molecule has 194 valence electrons. The second-order valence-electron chi connectivity index (χ2n) is 8.94. The van der Waals surface area contributed by atoms with Crippen molar-refractivity contribution in [2.24, 2.45) is 0 Å². The largest absolute Gasteiger partial charge is 0.507 e. The number of aromatic hydroxyl groups is 2. The summed E-state index contributed by atoms with van der Waals surface area (Å²) in [7, 11) is 0. The summed E-state index contributed by atoms with van der Waals surface area (Å²) in [5.41, 5.74) is 2.28.